The lowest BCUT2D eigenvalue weighted by atomic mass is 10.0. The van der Waals surface area contributed by atoms with E-state index in [1.54, 1.807) is 25.7 Å². The van der Waals surface area contributed by atoms with Gasteiger partial charge in [0.2, 0.25) is 5.91 Å². The zero-order chi connectivity index (χ0) is 29.8. The van der Waals surface area contributed by atoms with E-state index >= 15 is 0 Å². The molecule has 0 spiro atoms. The van der Waals surface area contributed by atoms with Crippen molar-refractivity contribution < 1.29 is 19.1 Å². The highest BCUT2D eigenvalue weighted by Crippen LogP contribution is 2.26. The Hall–Kier alpha value is -3.87. The maximum Gasteiger partial charge on any atom is 0.408 e. The van der Waals surface area contributed by atoms with E-state index in [2.05, 4.69) is 24.5 Å². The third-order valence-electron chi connectivity index (χ3n) is 6.89. The molecule has 0 fully saturated rings. The maximum absolute atomic E-state index is 14.0. The first-order chi connectivity index (χ1) is 19.6. The average molecular weight is 560 g/mol. The van der Waals surface area contributed by atoms with E-state index in [-0.39, 0.29) is 18.4 Å². The summed E-state index contributed by atoms with van der Waals surface area (Å²) >= 11 is 0. The first-order valence-corrected chi connectivity index (χ1v) is 14.8. The highest BCUT2D eigenvalue weighted by atomic mass is 16.6. The van der Waals surface area contributed by atoms with Gasteiger partial charge < -0.3 is 20.3 Å². The van der Waals surface area contributed by atoms with Gasteiger partial charge in [0, 0.05) is 12.2 Å². The number of carbonyl (C=O) groups is 3. The molecule has 3 aromatic carbocycles. The van der Waals surface area contributed by atoms with E-state index in [0.29, 0.717) is 12.2 Å². The van der Waals surface area contributed by atoms with Gasteiger partial charge in [0.25, 0.3) is 5.91 Å². The molecule has 1 atom stereocenters. The van der Waals surface area contributed by atoms with Gasteiger partial charge in [-0.3, -0.25) is 9.59 Å². The molecule has 0 heterocycles. The Labute approximate surface area is 244 Å². The van der Waals surface area contributed by atoms with Crippen molar-refractivity contribution in [2.45, 2.75) is 84.8 Å². The molecule has 41 heavy (non-hydrogen) atoms. The number of nitrogens with zero attached hydrogens (tertiary/aromatic N) is 1. The maximum atomic E-state index is 14.0. The number of aryl methyl sites for hydroxylation is 1. The summed E-state index contributed by atoms with van der Waals surface area (Å²) in [6.07, 6.45) is 5.21. The lowest BCUT2D eigenvalue weighted by Gasteiger charge is -2.32. The van der Waals surface area contributed by atoms with Crippen molar-refractivity contribution in [1.82, 2.24) is 10.2 Å². The molecule has 0 aliphatic carbocycles. The Morgan fingerprint density at radius 2 is 1.54 bits per heavy atom. The fourth-order valence-corrected chi connectivity index (χ4v) is 4.73. The predicted octanol–water partition coefficient (Wildman–Crippen LogP) is 7.41. The number of hydrogen-bond donors (Lipinski definition) is 2. The number of rotatable bonds is 13. The summed E-state index contributed by atoms with van der Waals surface area (Å²) in [5, 5.41) is 7.73. The van der Waals surface area contributed by atoms with Crippen molar-refractivity contribution in [3.05, 3.63) is 77.9 Å². The Morgan fingerprint density at radius 3 is 2.20 bits per heavy atom. The standard InChI is InChI=1S/C34H45N3O4/c1-6-8-9-10-13-22-37(30(38)24-35-33(40)41-34(3,4)5)31(27-18-16-25(7-2)17-19-27)32(39)36-29-21-20-26-14-11-12-15-28(26)23-29/h11-12,14-21,23,31H,6-10,13,22,24H2,1-5H3,(H,35,40)(H,36,39). The van der Waals surface area contributed by atoms with Gasteiger partial charge in [0.05, 0.1) is 0 Å². The van der Waals surface area contributed by atoms with E-state index in [1.807, 2.05) is 66.7 Å². The molecular formula is C34H45N3O4. The highest BCUT2D eigenvalue weighted by molar-refractivity contribution is 6.00. The second kappa shape index (κ2) is 15.2. The molecule has 7 nitrogen and oxygen atoms in total. The van der Waals surface area contributed by atoms with Gasteiger partial charge in [-0.05, 0) is 67.6 Å². The Bertz CT molecular complexity index is 1300. The van der Waals surface area contributed by atoms with Gasteiger partial charge in [0.15, 0.2) is 0 Å². The Kier molecular flexibility index (Phi) is 11.7. The minimum absolute atomic E-state index is 0.267. The Morgan fingerprint density at radius 1 is 0.854 bits per heavy atom. The van der Waals surface area contributed by atoms with Crippen LogP contribution in [0.25, 0.3) is 10.8 Å². The molecule has 3 aromatic rings. The number of hydrogen-bond acceptors (Lipinski definition) is 4. The Balaban J connectivity index is 1.91. The molecule has 0 bridgehead atoms. The molecule has 7 heteroatoms. The molecule has 220 valence electrons. The van der Waals surface area contributed by atoms with Crippen LogP contribution in [0, 0.1) is 0 Å². The third kappa shape index (κ3) is 9.92. The number of nitrogens with one attached hydrogen (secondary N) is 2. The van der Waals surface area contributed by atoms with Crippen LogP contribution in [0.2, 0.25) is 0 Å². The quantitative estimate of drug-likeness (QED) is 0.214. The summed E-state index contributed by atoms with van der Waals surface area (Å²) in [4.78, 5) is 41.6. The highest BCUT2D eigenvalue weighted by Gasteiger charge is 2.32. The molecule has 2 N–H and O–H groups in total. The van der Waals surface area contributed by atoms with E-state index in [1.165, 1.54) is 0 Å². The topological polar surface area (TPSA) is 87.7 Å². The van der Waals surface area contributed by atoms with Gasteiger partial charge in [-0.2, -0.15) is 0 Å². The number of anilines is 1. The van der Waals surface area contributed by atoms with Crippen molar-refractivity contribution in [2.75, 3.05) is 18.4 Å². The van der Waals surface area contributed by atoms with E-state index < -0.39 is 17.7 Å². The molecule has 1 unspecified atom stereocenters. The first-order valence-electron chi connectivity index (χ1n) is 14.8. The summed E-state index contributed by atoms with van der Waals surface area (Å²) in [7, 11) is 0. The van der Waals surface area contributed by atoms with Gasteiger partial charge in [-0.1, -0.05) is 94.1 Å². The van der Waals surface area contributed by atoms with E-state index in [4.69, 9.17) is 4.74 Å². The third-order valence-corrected chi connectivity index (χ3v) is 6.89. The van der Waals surface area contributed by atoms with E-state index in [0.717, 1.165) is 60.4 Å². The van der Waals surface area contributed by atoms with Crippen LogP contribution in [-0.2, 0) is 20.7 Å². The van der Waals surface area contributed by atoms with Gasteiger partial charge >= 0.3 is 6.09 Å². The smallest absolute Gasteiger partial charge is 0.408 e. The van der Waals surface area contributed by atoms with Crippen molar-refractivity contribution in [3.8, 4) is 0 Å². The minimum atomic E-state index is -0.869. The van der Waals surface area contributed by atoms with Crippen LogP contribution in [0.1, 0.15) is 83.9 Å². The van der Waals surface area contributed by atoms with Crippen molar-refractivity contribution in [3.63, 3.8) is 0 Å². The van der Waals surface area contributed by atoms with Gasteiger partial charge in [0.1, 0.15) is 18.2 Å². The lowest BCUT2D eigenvalue weighted by molar-refractivity contribution is -0.138. The van der Waals surface area contributed by atoms with Crippen LogP contribution in [-0.4, -0.2) is 41.5 Å². The van der Waals surface area contributed by atoms with Gasteiger partial charge in [-0.15, -0.1) is 0 Å². The largest absolute Gasteiger partial charge is 0.444 e. The zero-order valence-corrected chi connectivity index (χ0v) is 25.2. The molecule has 0 aliphatic rings. The van der Waals surface area contributed by atoms with Crippen molar-refractivity contribution in [2.24, 2.45) is 0 Å². The molecule has 3 amide bonds. The molecule has 0 aliphatic heterocycles. The number of amides is 3. The summed E-state index contributed by atoms with van der Waals surface area (Å²) < 4.78 is 5.33. The monoisotopic (exact) mass is 559 g/mol. The van der Waals surface area contributed by atoms with Crippen molar-refractivity contribution in [1.29, 1.82) is 0 Å². The second-order valence-electron chi connectivity index (χ2n) is 11.4. The summed E-state index contributed by atoms with van der Waals surface area (Å²) in [6.45, 7) is 9.66. The number of alkyl carbamates (subject to hydrolysis) is 1. The van der Waals surface area contributed by atoms with Crippen LogP contribution < -0.4 is 10.6 Å². The lowest BCUT2D eigenvalue weighted by Crippen LogP contribution is -2.47. The van der Waals surface area contributed by atoms with Crippen molar-refractivity contribution >= 4 is 34.4 Å². The molecule has 0 radical (unpaired) electrons. The number of ether oxygens (including phenoxy) is 1. The van der Waals surface area contributed by atoms with Crippen LogP contribution in [0.15, 0.2) is 66.7 Å². The fourth-order valence-electron chi connectivity index (χ4n) is 4.73. The molecule has 0 aromatic heterocycles. The zero-order valence-electron chi connectivity index (χ0n) is 25.2. The summed E-state index contributed by atoms with van der Waals surface area (Å²) in [6, 6.07) is 20.7. The van der Waals surface area contributed by atoms with Crippen LogP contribution in [0.3, 0.4) is 0 Å². The van der Waals surface area contributed by atoms with Crippen LogP contribution in [0.5, 0.6) is 0 Å². The normalized spacial score (nSPS) is 12.0. The van der Waals surface area contributed by atoms with Gasteiger partial charge in [-0.25, -0.2) is 4.79 Å². The number of carbonyl (C=O) groups excluding carboxylic acids is 3. The first kappa shape index (κ1) is 31.7. The minimum Gasteiger partial charge on any atom is -0.444 e. The molecule has 0 saturated carbocycles. The predicted molar refractivity (Wildman–Crippen MR) is 166 cm³/mol. The second-order valence-corrected chi connectivity index (χ2v) is 11.4. The average Bonchev–Trinajstić information content (AvgIpc) is 2.94. The van der Waals surface area contributed by atoms with E-state index in [9.17, 15) is 14.4 Å². The molecule has 0 saturated heterocycles. The van der Waals surface area contributed by atoms with Crippen LogP contribution in [0.4, 0.5) is 10.5 Å². The number of fused-ring (bicyclic) bond motifs is 1. The molecular weight excluding hydrogens is 514 g/mol. The van der Waals surface area contributed by atoms with Crippen LogP contribution >= 0.6 is 0 Å². The molecule has 3 rings (SSSR count). The summed E-state index contributed by atoms with van der Waals surface area (Å²) in [5.74, 6) is -0.645. The fraction of sp³-hybridized carbons (Fsp3) is 0.441. The number of benzene rings is 3. The SMILES string of the molecule is CCCCCCCN(C(=O)CNC(=O)OC(C)(C)C)C(C(=O)Nc1ccc2ccccc2c1)c1ccc(CC)cc1. The summed E-state index contributed by atoms with van der Waals surface area (Å²) in [5.41, 5.74) is 1.84. The number of unbranched alkanes of at least 4 members (excludes halogenated alkanes) is 4.